The van der Waals surface area contributed by atoms with Crippen molar-refractivity contribution in [1.29, 1.82) is 0 Å². The molecule has 3 heteroatoms. The molecule has 112 valence electrons. The van der Waals surface area contributed by atoms with Crippen LogP contribution in [0.5, 0.6) is 5.75 Å². The van der Waals surface area contributed by atoms with Crippen molar-refractivity contribution in [2.45, 2.75) is 50.3 Å². The van der Waals surface area contributed by atoms with Gasteiger partial charge in [0.25, 0.3) is 0 Å². The first-order valence-electron chi connectivity index (χ1n) is 7.94. The van der Waals surface area contributed by atoms with Crippen molar-refractivity contribution in [3.63, 3.8) is 0 Å². The number of hydrogen-bond acceptors (Lipinski definition) is 2. The minimum atomic E-state index is -0.324. The highest BCUT2D eigenvalue weighted by molar-refractivity contribution is 6.24. The lowest BCUT2D eigenvalue weighted by molar-refractivity contribution is -0.159. The van der Waals surface area contributed by atoms with Crippen LogP contribution in [0.25, 0.3) is 0 Å². The van der Waals surface area contributed by atoms with Crippen LogP contribution >= 0.6 is 11.6 Å². The first-order valence-corrected chi connectivity index (χ1v) is 8.32. The smallest absolute Gasteiger partial charge is 0.317 e. The Kier molecular flexibility index (Phi) is 2.91. The summed E-state index contributed by atoms with van der Waals surface area (Å²) in [7, 11) is 0. The Hall–Kier alpha value is -1.02. The molecular formula is C18H21ClO2. The topological polar surface area (TPSA) is 26.3 Å². The molecule has 0 aliphatic heterocycles. The van der Waals surface area contributed by atoms with Gasteiger partial charge in [0, 0.05) is 4.87 Å². The summed E-state index contributed by atoms with van der Waals surface area (Å²) in [6.45, 7) is 2.01. The fourth-order valence-electron chi connectivity index (χ4n) is 5.28. The first kappa shape index (κ1) is 13.6. The van der Waals surface area contributed by atoms with E-state index in [9.17, 15) is 4.79 Å². The van der Waals surface area contributed by atoms with Crippen molar-refractivity contribution in [2.75, 3.05) is 0 Å². The summed E-state index contributed by atoms with van der Waals surface area (Å²) in [5.41, 5.74) is 0.787. The van der Waals surface area contributed by atoms with Gasteiger partial charge in [0.2, 0.25) is 0 Å². The summed E-state index contributed by atoms with van der Waals surface area (Å²) in [5, 5.41) is 0. The van der Waals surface area contributed by atoms with Crippen LogP contribution in [0.15, 0.2) is 24.3 Å². The first-order chi connectivity index (χ1) is 9.96. The summed E-state index contributed by atoms with van der Waals surface area (Å²) >= 11 is 6.78. The van der Waals surface area contributed by atoms with Gasteiger partial charge in [-0.05, 0) is 75.0 Å². The predicted molar refractivity (Wildman–Crippen MR) is 82.5 cm³/mol. The van der Waals surface area contributed by atoms with Crippen LogP contribution in [-0.2, 0) is 4.79 Å². The monoisotopic (exact) mass is 304 g/mol. The molecule has 0 aromatic heterocycles. The molecule has 0 N–H and O–H groups in total. The van der Waals surface area contributed by atoms with E-state index in [0.29, 0.717) is 17.6 Å². The quantitative estimate of drug-likeness (QED) is 0.457. The highest BCUT2D eigenvalue weighted by Crippen LogP contribution is 2.64. The summed E-state index contributed by atoms with van der Waals surface area (Å²) in [6, 6.07) is 7.73. The summed E-state index contributed by atoms with van der Waals surface area (Å²) in [5.74, 6) is 1.86. The molecule has 4 saturated carbocycles. The maximum atomic E-state index is 12.8. The zero-order valence-corrected chi connectivity index (χ0v) is 13.2. The predicted octanol–water partition coefficient (Wildman–Crippen LogP) is 4.48. The largest absolute Gasteiger partial charge is 0.426 e. The Morgan fingerprint density at radius 1 is 1.24 bits per heavy atom. The van der Waals surface area contributed by atoms with Gasteiger partial charge in [0.1, 0.15) is 5.75 Å². The van der Waals surface area contributed by atoms with Gasteiger partial charge < -0.3 is 4.74 Å². The molecule has 0 saturated heterocycles. The molecule has 0 radical (unpaired) electrons. The average Bonchev–Trinajstić information content (AvgIpc) is 2.35. The number of carbonyl (C=O) groups excluding carboxylic acids is 1. The van der Waals surface area contributed by atoms with Gasteiger partial charge in [0.15, 0.2) is 0 Å². The summed E-state index contributed by atoms with van der Waals surface area (Å²) in [6.07, 6.45) is 6.19. The zero-order chi connectivity index (χ0) is 14.7. The third kappa shape index (κ3) is 2.28. The third-order valence-electron chi connectivity index (χ3n) is 5.62. The van der Waals surface area contributed by atoms with Crippen LogP contribution in [0.1, 0.15) is 44.1 Å². The van der Waals surface area contributed by atoms with Crippen molar-refractivity contribution in [3.8, 4) is 5.75 Å². The lowest BCUT2D eigenvalue weighted by atomic mass is 9.49. The number of alkyl halides is 1. The Morgan fingerprint density at radius 2 is 1.95 bits per heavy atom. The number of carbonyl (C=O) groups is 1. The van der Waals surface area contributed by atoms with E-state index >= 15 is 0 Å². The number of benzene rings is 1. The molecule has 4 aliphatic carbocycles. The van der Waals surface area contributed by atoms with Crippen LogP contribution in [0.2, 0.25) is 0 Å². The van der Waals surface area contributed by atoms with Crippen LogP contribution in [-0.4, -0.2) is 10.8 Å². The normalized spacial score (nSPS) is 40.3. The molecule has 4 bridgehead atoms. The zero-order valence-electron chi connectivity index (χ0n) is 12.4. The molecule has 2 atom stereocenters. The fraction of sp³-hybridized carbons (Fsp3) is 0.611. The number of aryl methyl sites for hydroxylation is 1. The van der Waals surface area contributed by atoms with Gasteiger partial charge in [-0.2, -0.15) is 0 Å². The van der Waals surface area contributed by atoms with Gasteiger partial charge in [-0.25, -0.2) is 0 Å². The van der Waals surface area contributed by atoms with Crippen molar-refractivity contribution in [1.82, 2.24) is 0 Å². The van der Waals surface area contributed by atoms with E-state index in [-0.39, 0.29) is 16.3 Å². The van der Waals surface area contributed by atoms with Crippen molar-refractivity contribution in [3.05, 3.63) is 29.8 Å². The molecule has 2 unspecified atom stereocenters. The van der Waals surface area contributed by atoms with Crippen LogP contribution in [0, 0.1) is 24.2 Å². The van der Waals surface area contributed by atoms with Gasteiger partial charge in [0.05, 0.1) is 5.41 Å². The molecule has 4 aliphatic rings. The van der Waals surface area contributed by atoms with Crippen LogP contribution < -0.4 is 4.74 Å². The maximum absolute atomic E-state index is 12.8. The van der Waals surface area contributed by atoms with E-state index in [0.717, 1.165) is 37.7 Å². The van der Waals surface area contributed by atoms with Gasteiger partial charge in [-0.1, -0.05) is 12.1 Å². The molecule has 4 fully saturated rings. The highest BCUT2D eigenvalue weighted by Gasteiger charge is 2.60. The van der Waals surface area contributed by atoms with Crippen molar-refractivity contribution >= 4 is 17.6 Å². The Bertz CT molecular complexity index is 581. The molecule has 2 nitrogen and oxygen atoms in total. The maximum Gasteiger partial charge on any atom is 0.317 e. The van der Waals surface area contributed by atoms with Gasteiger partial charge in [-0.3, -0.25) is 4.79 Å². The molecule has 0 heterocycles. The average molecular weight is 305 g/mol. The second-order valence-corrected chi connectivity index (χ2v) is 8.40. The molecule has 5 rings (SSSR count). The fourth-order valence-corrected chi connectivity index (χ4v) is 5.98. The van der Waals surface area contributed by atoms with Crippen molar-refractivity contribution < 1.29 is 9.53 Å². The van der Waals surface area contributed by atoms with E-state index in [2.05, 4.69) is 0 Å². The molecule has 0 spiro atoms. The van der Waals surface area contributed by atoms with Crippen molar-refractivity contribution in [2.24, 2.45) is 17.3 Å². The molecule has 1 aromatic rings. The van der Waals surface area contributed by atoms with Gasteiger partial charge in [-0.15, -0.1) is 11.6 Å². The molecule has 21 heavy (non-hydrogen) atoms. The van der Waals surface area contributed by atoms with Gasteiger partial charge >= 0.3 is 5.97 Å². The van der Waals surface area contributed by atoms with Crippen LogP contribution in [0.4, 0.5) is 0 Å². The van der Waals surface area contributed by atoms with Crippen LogP contribution in [0.3, 0.4) is 0 Å². The number of rotatable bonds is 2. The molecular weight excluding hydrogens is 284 g/mol. The number of ether oxygens (including phenoxy) is 1. The second kappa shape index (κ2) is 4.49. The molecule has 1 aromatic carbocycles. The SMILES string of the molecule is Cc1cccc(OC(=O)C23CC4CC(CC(Cl)(C4)C2)C3)c1. The standard InChI is InChI=1S/C18H21ClO2/c1-12-3-2-4-15(5-12)21-16(20)17-7-13-6-14(8-17)10-18(19,9-13)11-17/h2-5,13-14H,6-11H2,1H3. The Morgan fingerprint density at radius 3 is 2.57 bits per heavy atom. The van der Waals surface area contributed by atoms with E-state index in [1.54, 1.807) is 0 Å². The minimum absolute atomic E-state index is 0.0489. The summed E-state index contributed by atoms with van der Waals surface area (Å²) in [4.78, 5) is 12.7. The minimum Gasteiger partial charge on any atom is -0.426 e. The van der Waals surface area contributed by atoms with E-state index in [1.807, 2.05) is 31.2 Å². The third-order valence-corrected chi connectivity index (χ3v) is 6.07. The number of hydrogen-bond donors (Lipinski definition) is 0. The lowest BCUT2D eigenvalue weighted by Crippen LogP contribution is -2.56. The number of esters is 1. The lowest BCUT2D eigenvalue weighted by Gasteiger charge is -2.58. The second-order valence-electron chi connectivity index (χ2n) is 7.60. The highest BCUT2D eigenvalue weighted by atomic mass is 35.5. The van der Waals surface area contributed by atoms with E-state index < -0.39 is 0 Å². The van der Waals surface area contributed by atoms with E-state index in [1.165, 1.54) is 6.42 Å². The molecule has 0 amide bonds. The Labute approximate surface area is 130 Å². The Balaban J connectivity index is 1.59. The van der Waals surface area contributed by atoms with E-state index in [4.69, 9.17) is 16.3 Å². The number of halogens is 1. The summed E-state index contributed by atoms with van der Waals surface area (Å²) < 4.78 is 5.73.